The van der Waals surface area contributed by atoms with Gasteiger partial charge in [0.15, 0.2) is 0 Å². The van der Waals surface area contributed by atoms with Crippen molar-refractivity contribution in [1.29, 1.82) is 0 Å². The molecule has 0 aliphatic carbocycles. The lowest BCUT2D eigenvalue weighted by molar-refractivity contribution is -0.165. The van der Waals surface area contributed by atoms with Gasteiger partial charge < -0.3 is 5.11 Å². The first-order chi connectivity index (χ1) is 7.64. The minimum atomic E-state index is -4.90. The number of alkyl halides is 5. The van der Waals surface area contributed by atoms with Crippen LogP contribution in [0, 0.1) is 0 Å². The highest BCUT2D eigenvalue weighted by Crippen LogP contribution is 2.32. The van der Waals surface area contributed by atoms with Gasteiger partial charge in [-0.15, -0.1) is 0 Å². The third-order valence-corrected chi connectivity index (χ3v) is 1.89. The molecule has 94 valence electrons. The van der Waals surface area contributed by atoms with Gasteiger partial charge in [-0.1, -0.05) is 6.07 Å². The molecule has 0 bridgehead atoms. The Balaban J connectivity index is 3.12. The second-order valence-electron chi connectivity index (χ2n) is 3.20. The Morgan fingerprint density at radius 1 is 1.29 bits per heavy atom. The van der Waals surface area contributed by atoms with Gasteiger partial charge >= 0.3 is 18.1 Å². The minimum absolute atomic E-state index is 0.771. The second-order valence-corrected chi connectivity index (χ2v) is 3.20. The summed E-state index contributed by atoms with van der Waals surface area (Å²) >= 11 is 0. The fourth-order valence-corrected chi connectivity index (χ4v) is 1.15. The summed E-state index contributed by atoms with van der Waals surface area (Å²) in [7, 11) is 0. The molecule has 0 aromatic carbocycles. The summed E-state index contributed by atoms with van der Waals surface area (Å²) in [5.74, 6) is -6.74. The fraction of sp³-hybridized carbons (Fsp3) is 0.333. The largest absolute Gasteiger partial charge is 0.477 e. The summed E-state index contributed by atoms with van der Waals surface area (Å²) in [5.41, 5.74) is -2.35. The van der Waals surface area contributed by atoms with Crippen LogP contribution in [0.4, 0.5) is 22.0 Å². The van der Waals surface area contributed by atoms with Gasteiger partial charge in [0.25, 0.3) is 0 Å². The summed E-state index contributed by atoms with van der Waals surface area (Å²) < 4.78 is 62.7. The zero-order valence-electron chi connectivity index (χ0n) is 8.13. The summed E-state index contributed by atoms with van der Waals surface area (Å²) in [6.07, 6.45) is -5.65. The molecule has 0 saturated heterocycles. The smallest absolute Gasteiger partial charge is 0.433 e. The van der Waals surface area contributed by atoms with Crippen LogP contribution < -0.4 is 0 Å². The molecule has 1 N–H and O–H groups in total. The van der Waals surface area contributed by atoms with Crippen LogP contribution in [-0.2, 0) is 17.4 Å². The van der Waals surface area contributed by atoms with Crippen LogP contribution in [0.1, 0.15) is 11.3 Å². The molecule has 0 aliphatic rings. The highest BCUT2D eigenvalue weighted by Gasteiger charge is 2.43. The molecular weight excluding hydrogens is 249 g/mol. The van der Waals surface area contributed by atoms with Crippen LogP contribution in [-0.4, -0.2) is 22.0 Å². The SMILES string of the molecule is O=C(O)C(F)(F)Cc1cccnc1C(F)(F)F. The first-order valence-electron chi connectivity index (χ1n) is 4.27. The van der Waals surface area contributed by atoms with Gasteiger partial charge in [0.2, 0.25) is 0 Å². The lowest BCUT2D eigenvalue weighted by Gasteiger charge is -2.15. The number of hydrogen-bond acceptors (Lipinski definition) is 2. The monoisotopic (exact) mass is 255 g/mol. The van der Waals surface area contributed by atoms with E-state index in [1.807, 2.05) is 0 Å². The first kappa shape index (κ1) is 13.3. The molecule has 0 aliphatic heterocycles. The summed E-state index contributed by atoms with van der Waals surface area (Å²) in [4.78, 5) is 13.1. The van der Waals surface area contributed by atoms with E-state index < -0.39 is 35.7 Å². The van der Waals surface area contributed by atoms with Crippen molar-refractivity contribution in [3.05, 3.63) is 29.6 Å². The first-order valence-corrected chi connectivity index (χ1v) is 4.27. The molecule has 1 rings (SSSR count). The van der Waals surface area contributed by atoms with Crippen LogP contribution in [0.2, 0.25) is 0 Å². The molecule has 8 heteroatoms. The number of pyridine rings is 1. The van der Waals surface area contributed by atoms with Crippen molar-refractivity contribution >= 4 is 5.97 Å². The molecule has 1 heterocycles. The summed E-state index contributed by atoms with van der Waals surface area (Å²) in [6, 6.07) is 1.80. The maximum atomic E-state index is 12.8. The van der Waals surface area contributed by atoms with E-state index >= 15 is 0 Å². The van der Waals surface area contributed by atoms with Crippen LogP contribution in [0.15, 0.2) is 18.3 Å². The van der Waals surface area contributed by atoms with Gasteiger partial charge in [-0.05, 0) is 11.6 Å². The van der Waals surface area contributed by atoms with Crippen molar-refractivity contribution < 1.29 is 31.9 Å². The molecule has 3 nitrogen and oxygen atoms in total. The Morgan fingerprint density at radius 2 is 1.88 bits per heavy atom. The number of carboxylic acid groups (broad SMARTS) is 1. The fourth-order valence-electron chi connectivity index (χ4n) is 1.15. The normalized spacial score (nSPS) is 12.5. The van der Waals surface area contributed by atoms with E-state index in [-0.39, 0.29) is 0 Å². The van der Waals surface area contributed by atoms with E-state index in [9.17, 15) is 26.7 Å². The van der Waals surface area contributed by atoms with E-state index in [0.29, 0.717) is 0 Å². The average molecular weight is 255 g/mol. The maximum Gasteiger partial charge on any atom is 0.433 e. The Labute approximate surface area is 91.9 Å². The lowest BCUT2D eigenvalue weighted by Crippen LogP contribution is -2.31. The van der Waals surface area contributed by atoms with E-state index in [0.717, 1.165) is 18.3 Å². The lowest BCUT2D eigenvalue weighted by atomic mass is 10.1. The zero-order valence-corrected chi connectivity index (χ0v) is 8.13. The van der Waals surface area contributed by atoms with Crippen molar-refractivity contribution in [3.63, 3.8) is 0 Å². The molecule has 0 radical (unpaired) electrons. The molecule has 1 aromatic rings. The van der Waals surface area contributed by atoms with Gasteiger partial charge in [-0.25, -0.2) is 4.79 Å². The van der Waals surface area contributed by atoms with Crippen molar-refractivity contribution in [3.8, 4) is 0 Å². The predicted octanol–water partition coefficient (Wildman–Crippen LogP) is 2.36. The summed E-state index contributed by atoms with van der Waals surface area (Å²) in [6.45, 7) is 0. The molecule has 0 fully saturated rings. The quantitative estimate of drug-likeness (QED) is 0.843. The number of rotatable bonds is 3. The number of aliphatic carboxylic acids is 1. The second kappa shape index (κ2) is 4.27. The van der Waals surface area contributed by atoms with Crippen LogP contribution in [0.3, 0.4) is 0 Å². The Bertz CT molecular complexity index is 430. The van der Waals surface area contributed by atoms with E-state index in [1.54, 1.807) is 0 Å². The molecule has 0 saturated carbocycles. The highest BCUT2D eigenvalue weighted by atomic mass is 19.4. The zero-order chi connectivity index (χ0) is 13.3. The Hall–Kier alpha value is -1.73. The number of carboxylic acids is 1. The van der Waals surface area contributed by atoms with E-state index in [4.69, 9.17) is 5.11 Å². The Kier molecular flexibility index (Phi) is 3.35. The van der Waals surface area contributed by atoms with Crippen molar-refractivity contribution in [2.45, 2.75) is 18.5 Å². The predicted molar refractivity (Wildman–Crippen MR) is 45.5 cm³/mol. The van der Waals surface area contributed by atoms with Gasteiger partial charge in [0.05, 0.1) is 0 Å². The topological polar surface area (TPSA) is 50.2 Å². The van der Waals surface area contributed by atoms with Gasteiger partial charge in [0.1, 0.15) is 5.69 Å². The number of aromatic nitrogens is 1. The number of carbonyl (C=O) groups is 1. The average Bonchev–Trinajstić information content (AvgIpc) is 2.15. The van der Waals surface area contributed by atoms with Crippen molar-refractivity contribution in [2.24, 2.45) is 0 Å². The third kappa shape index (κ3) is 3.11. The van der Waals surface area contributed by atoms with E-state index in [1.165, 1.54) is 0 Å². The van der Waals surface area contributed by atoms with Crippen LogP contribution in [0.5, 0.6) is 0 Å². The van der Waals surface area contributed by atoms with Gasteiger partial charge in [-0.3, -0.25) is 4.98 Å². The highest BCUT2D eigenvalue weighted by molar-refractivity contribution is 5.75. The van der Waals surface area contributed by atoms with Gasteiger partial charge in [0, 0.05) is 12.6 Å². The molecule has 0 unspecified atom stereocenters. The number of hydrogen-bond donors (Lipinski definition) is 1. The van der Waals surface area contributed by atoms with E-state index in [2.05, 4.69) is 4.98 Å². The molecule has 0 amide bonds. The standard InChI is InChI=1S/C9H6F5NO2/c10-8(11,7(16)17)4-5-2-1-3-15-6(5)9(12,13)14/h1-3H,4H2,(H,16,17). The summed E-state index contributed by atoms with van der Waals surface area (Å²) in [5, 5.41) is 8.14. The minimum Gasteiger partial charge on any atom is -0.477 e. The van der Waals surface area contributed by atoms with Crippen molar-refractivity contribution in [1.82, 2.24) is 4.98 Å². The van der Waals surface area contributed by atoms with Crippen LogP contribution >= 0.6 is 0 Å². The van der Waals surface area contributed by atoms with Crippen molar-refractivity contribution in [2.75, 3.05) is 0 Å². The number of halogens is 5. The molecule has 0 spiro atoms. The van der Waals surface area contributed by atoms with Crippen LogP contribution in [0.25, 0.3) is 0 Å². The number of nitrogens with zero attached hydrogens (tertiary/aromatic N) is 1. The Morgan fingerprint density at radius 3 is 2.35 bits per heavy atom. The molecule has 1 aromatic heterocycles. The molecule has 0 atom stereocenters. The maximum absolute atomic E-state index is 12.8. The third-order valence-electron chi connectivity index (χ3n) is 1.89. The molecule has 17 heavy (non-hydrogen) atoms. The van der Waals surface area contributed by atoms with Gasteiger partial charge in [-0.2, -0.15) is 22.0 Å². The molecular formula is C9H6F5NO2.